The summed E-state index contributed by atoms with van der Waals surface area (Å²) >= 11 is 3.37. The second-order valence-corrected chi connectivity index (χ2v) is 5.19. The first kappa shape index (κ1) is 14.5. The molecule has 0 fully saturated rings. The number of rotatable bonds is 4. The first-order chi connectivity index (χ1) is 9.47. The number of aliphatic hydroxyl groups is 1. The number of benzene rings is 2. The maximum absolute atomic E-state index is 11.9. The van der Waals surface area contributed by atoms with E-state index in [1.807, 2.05) is 24.3 Å². The van der Waals surface area contributed by atoms with Crippen molar-refractivity contribution in [2.75, 3.05) is 6.54 Å². The van der Waals surface area contributed by atoms with E-state index in [1.165, 1.54) is 0 Å². The average Bonchev–Trinajstić information content (AvgIpc) is 2.43. The summed E-state index contributed by atoms with van der Waals surface area (Å²) in [4.78, 5) is 22.3. The quantitative estimate of drug-likeness (QED) is 0.793. The lowest BCUT2D eigenvalue weighted by Crippen LogP contribution is -2.36. The van der Waals surface area contributed by atoms with Crippen LogP contribution in [0.25, 0.3) is 10.8 Å². The molecule has 3 N–H and O–H groups in total. The minimum absolute atomic E-state index is 0.327. The molecule has 0 aliphatic heterocycles. The fraction of sp³-hybridized carbons (Fsp3) is 0.143. The Morgan fingerprint density at radius 1 is 1.15 bits per heavy atom. The SMILES string of the molecule is O=C(NC[C@H](O)C(=O)O)c1ccc2cc(Br)ccc2c1. The molecule has 0 unspecified atom stereocenters. The van der Waals surface area contributed by atoms with Gasteiger partial charge in [0.15, 0.2) is 6.10 Å². The molecule has 0 heterocycles. The number of nitrogens with one attached hydrogen (secondary N) is 1. The van der Waals surface area contributed by atoms with Crippen LogP contribution in [-0.2, 0) is 4.79 Å². The van der Waals surface area contributed by atoms with Crippen LogP contribution < -0.4 is 5.32 Å². The van der Waals surface area contributed by atoms with Crippen molar-refractivity contribution in [1.82, 2.24) is 5.32 Å². The van der Waals surface area contributed by atoms with Crippen molar-refractivity contribution >= 4 is 38.6 Å². The van der Waals surface area contributed by atoms with E-state index in [2.05, 4.69) is 21.2 Å². The lowest BCUT2D eigenvalue weighted by Gasteiger charge is -2.08. The molecule has 0 saturated heterocycles. The molecule has 0 radical (unpaired) electrons. The van der Waals surface area contributed by atoms with Crippen molar-refractivity contribution in [3.63, 3.8) is 0 Å². The van der Waals surface area contributed by atoms with Gasteiger partial charge in [-0.05, 0) is 35.0 Å². The monoisotopic (exact) mass is 337 g/mol. The number of fused-ring (bicyclic) bond motifs is 1. The van der Waals surface area contributed by atoms with Crippen molar-refractivity contribution in [3.05, 3.63) is 46.4 Å². The van der Waals surface area contributed by atoms with E-state index in [-0.39, 0.29) is 6.54 Å². The Hall–Kier alpha value is -1.92. The maximum Gasteiger partial charge on any atom is 0.334 e. The number of aliphatic hydroxyl groups excluding tert-OH is 1. The van der Waals surface area contributed by atoms with E-state index in [0.717, 1.165) is 15.2 Å². The lowest BCUT2D eigenvalue weighted by molar-refractivity contribution is -0.146. The molecule has 0 aliphatic carbocycles. The van der Waals surface area contributed by atoms with E-state index in [1.54, 1.807) is 12.1 Å². The highest BCUT2D eigenvalue weighted by Crippen LogP contribution is 2.20. The lowest BCUT2D eigenvalue weighted by atomic mass is 10.1. The number of hydrogen-bond acceptors (Lipinski definition) is 3. The van der Waals surface area contributed by atoms with Crippen LogP contribution in [-0.4, -0.2) is 34.7 Å². The van der Waals surface area contributed by atoms with Gasteiger partial charge in [0.1, 0.15) is 0 Å². The molecule has 6 heteroatoms. The number of carbonyl (C=O) groups excluding carboxylic acids is 1. The zero-order valence-corrected chi connectivity index (χ0v) is 11.9. The van der Waals surface area contributed by atoms with Crippen LogP contribution in [0.4, 0.5) is 0 Å². The third kappa shape index (κ3) is 3.34. The number of aliphatic carboxylic acids is 1. The number of carboxylic acid groups (broad SMARTS) is 1. The summed E-state index contributed by atoms with van der Waals surface area (Å²) in [5.41, 5.74) is 0.414. The highest BCUT2D eigenvalue weighted by molar-refractivity contribution is 9.10. The fourth-order valence-electron chi connectivity index (χ4n) is 1.74. The summed E-state index contributed by atoms with van der Waals surface area (Å²) in [5.74, 6) is -1.79. The molecule has 2 aromatic rings. The number of halogens is 1. The van der Waals surface area contributed by atoms with Crippen LogP contribution >= 0.6 is 15.9 Å². The third-order valence-corrected chi connectivity index (χ3v) is 3.30. The van der Waals surface area contributed by atoms with Crippen LogP contribution in [0.3, 0.4) is 0 Å². The Labute approximate surface area is 123 Å². The van der Waals surface area contributed by atoms with E-state index in [4.69, 9.17) is 10.2 Å². The van der Waals surface area contributed by atoms with E-state index in [0.29, 0.717) is 5.56 Å². The number of amides is 1. The van der Waals surface area contributed by atoms with E-state index >= 15 is 0 Å². The number of carboxylic acids is 1. The topological polar surface area (TPSA) is 86.6 Å². The molecule has 1 amide bonds. The summed E-state index contributed by atoms with van der Waals surface area (Å²) in [6.45, 7) is -0.327. The summed E-state index contributed by atoms with van der Waals surface area (Å²) in [5, 5.41) is 21.9. The Morgan fingerprint density at radius 3 is 2.50 bits per heavy atom. The molecule has 20 heavy (non-hydrogen) atoms. The first-order valence-electron chi connectivity index (χ1n) is 5.86. The van der Waals surface area contributed by atoms with Gasteiger partial charge in [-0.2, -0.15) is 0 Å². The molecule has 1 atom stereocenters. The molecule has 2 rings (SSSR count). The van der Waals surface area contributed by atoms with Crippen molar-refractivity contribution in [2.24, 2.45) is 0 Å². The second-order valence-electron chi connectivity index (χ2n) is 4.27. The standard InChI is InChI=1S/C14H12BrNO4/c15-11-4-3-8-5-10(2-1-9(8)6-11)13(18)16-7-12(17)14(19)20/h1-6,12,17H,7H2,(H,16,18)(H,19,20)/t12-/m0/s1. The normalized spacial score (nSPS) is 12.1. The summed E-state index contributed by atoms with van der Waals surface area (Å²) in [7, 11) is 0. The molecule has 0 aromatic heterocycles. The smallest absolute Gasteiger partial charge is 0.334 e. The Bertz CT molecular complexity index is 671. The maximum atomic E-state index is 11.9. The van der Waals surface area contributed by atoms with E-state index in [9.17, 15) is 9.59 Å². The zero-order chi connectivity index (χ0) is 14.7. The molecular weight excluding hydrogens is 326 g/mol. The van der Waals surface area contributed by atoms with Gasteiger partial charge in [-0.1, -0.05) is 28.1 Å². The van der Waals surface area contributed by atoms with Gasteiger partial charge in [0.2, 0.25) is 0 Å². The van der Waals surface area contributed by atoms with Gasteiger partial charge >= 0.3 is 5.97 Å². The van der Waals surface area contributed by atoms with Crippen molar-refractivity contribution < 1.29 is 19.8 Å². The molecule has 2 aromatic carbocycles. The van der Waals surface area contributed by atoms with Gasteiger partial charge in [-0.3, -0.25) is 4.79 Å². The number of hydrogen-bond donors (Lipinski definition) is 3. The van der Waals surface area contributed by atoms with Crippen molar-refractivity contribution in [3.8, 4) is 0 Å². The van der Waals surface area contributed by atoms with Crippen LogP contribution in [0.1, 0.15) is 10.4 Å². The van der Waals surface area contributed by atoms with E-state index < -0.39 is 18.0 Å². The summed E-state index contributed by atoms with van der Waals surface area (Å²) < 4.78 is 0.951. The average molecular weight is 338 g/mol. The minimum atomic E-state index is -1.60. The molecule has 0 bridgehead atoms. The van der Waals surface area contributed by atoms with Crippen molar-refractivity contribution in [1.29, 1.82) is 0 Å². The molecule has 5 nitrogen and oxygen atoms in total. The molecule has 0 saturated carbocycles. The minimum Gasteiger partial charge on any atom is -0.479 e. The predicted molar refractivity (Wildman–Crippen MR) is 77.6 cm³/mol. The largest absolute Gasteiger partial charge is 0.479 e. The van der Waals surface area contributed by atoms with Gasteiger partial charge < -0.3 is 15.5 Å². The highest BCUT2D eigenvalue weighted by atomic mass is 79.9. The Balaban J connectivity index is 2.14. The molecular formula is C14H12BrNO4. The predicted octanol–water partition coefficient (Wildman–Crippen LogP) is 1.78. The molecule has 0 spiro atoms. The van der Waals surface area contributed by atoms with Gasteiger partial charge in [-0.15, -0.1) is 0 Å². The van der Waals surface area contributed by atoms with Crippen LogP contribution in [0.15, 0.2) is 40.9 Å². The third-order valence-electron chi connectivity index (χ3n) is 2.81. The second kappa shape index (κ2) is 6.02. The van der Waals surface area contributed by atoms with Crippen LogP contribution in [0, 0.1) is 0 Å². The van der Waals surface area contributed by atoms with Gasteiger partial charge in [0, 0.05) is 10.0 Å². The summed E-state index contributed by atoms with van der Waals surface area (Å²) in [6.07, 6.45) is -1.60. The van der Waals surface area contributed by atoms with Crippen LogP contribution in [0.2, 0.25) is 0 Å². The Morgan fingerprint density at radius 2 is 1.80 bits per heavy atom. The van der Waals surface area contributed by atoms with Gasteiger partial charge in [0.05, 0.1) is 6.54 Å². The van der Waals surface area contributed by atoms with Gasteiger partial charge in [0.25, 0.3) is 5.91 Å². The van der Waals surface area contributed by atoms with Gasteiger partial charge in [-0.25, -0.2) is 4.79 Å². The zero-order valence-electron chi connectivity index (χ0n) is 10.3. The fourth-order valence-corrected chi connectivity index (χ4v) is 2.12. The molecule has 104 valence electrons. The van der Waals surface area contributed by atoms with Crippen LogP contribution in [0.5, 0.6) is 0 Å². The number of carbonyl (C=O) groups is 2. The Kier molecular flexibility index (Phi) is 4.36. The highest BCUT2D eigenvalue weighted by Gasteiger charge is 2.15. The summed E-state index contributed by atoms with van der Waals surface area (Å²) in [6, 6.07) is 10.9. The van der Waals surface area contributed by atoms with Crippen molar-refractivity contribution in [2.45, 2.75) is 6.10 Å². The first-order valence-corrected chi connectivity index (χ1v) is 6.65. The molecule has 0 aliphatic rings.